The maximum Gasteiger partial charge on any atom is 0.232 e. The Morgan fingerprint density at radius 1 is 0.833 bits per heavy atom. The van der Waals surface area contributed by atoms with Crippen molar-refractivity contribution in [2.24, 2.45) is 0 Å². The van der Waals surface area contributed by atoms with Crippen LogP contribution in [0, 0.1) is 0 Å². The van der Waals surface area contributed by atoms with Crippen molar-refractivity contribution in [3.05, 3.63) is 102 Å². The van der Waals surface area contributed by atoms with E-state index < -0.39 is 0 Å². The van der Waals surface area contributed by atoms with E-state index in [9.17, 15) is 4.79 Å². The van der Waals surface area contributed by atoms with Gasteiger partial charge in [-0.1, -0.05) is 66.7 Å². The zero-order valence-corrected chi connectivity index (χ0v) is 13.6. The van der Waals surface area contributed by atoms with Crippen LogP contribution in [0.2, 0.25) is 0 Å². The topological polar surface area (TPSA) is 42.0 Å². The van der Waals surface area contributed by atoms with Gasteiger partial charge < -0.3 is 5.32 Å². The molecule has 0 bridgehead atoms. The van der Waals surface area contributed by atoms with Gasteiger partial charge in [0.2, 0.25) is 5.91 Å². The van der Waals surface area contributed by atoms with E-state index in [1.165, 1.54) is 0 Å². The van der Waals surface area contributed by atoms with Crippen LogP contribution in [0.15, 0.2) is 85.2 Å². The molecule has 1 atom stereocenters. The van der Waals surface area contributed by atoms with Gasteiger partial charge in [-0.05, 0) is 29.7 Å². The number of nitrogens with zero attached hydrogens (tertiary/aromatic N) is 1. The van der Waals surface area contributed by atoms with Crippen LogP contribution in [0.1, 0.15) is 35.6 Å². The molecule has 0 saturated heterocycles. The zero-order valence-electron chi connectivity index (χ0n) is 13.6. The number of aromatic nitrogens is 1. The molecule has 2 aromatic carbocycles. The lowest BCUT2D eigenvalue weighted by atomic mass is 9.90. The standard InChI is InChI=1S/C21H20N2O/c1-16(19-13-8-14-22-15-19)23-21(24)20(17-9-4-2-5-10-17)18-11-6-3-7-12-18/h2-16,20H,1H3,(H,23,24)/t16-/m0/s1. The molecule has 0 aliphatic carbocycles. The average molecular weight is 316 g/mol. The highest BCUT2D eigenvalue weighted by atomic mass is 16.1. The number of hydrogen-bond donors (Lipinski definition) is 1. The Kier molecular flexibility index (Phi) is 5.02. The van der Waals surface area contributed by atoms with E-state index in [-0.39, 0.29) is 17.9 Å². The number of benzene rings is 2. The first-order valence-electron chi connectivity index (χ1n) is 8.06. The summed E-state index contributed by atoms with van der Waals surface area (Å²) in [6.45, 7) is 1.97. The SMILES string of the molecule is C[C@H](NC(=O)C(c1ccccc1)c1ccccc1)c1cccnc1. The van der Waals surface area contributed by atoms with Crippen LogP contribution in [0.3, 0.4) is 0 Å². The van der Waals surface area contributed by atoms with E-state index in [0.717, 1.165) is 16.7 Å². The fourth-order valence-corrected chi connectivity index (χ4v) is 2.80. The van der Waals surface area contributed by atoms with Crippen LogP contribution in [0.4, 0.5) is 0 Å². The van der Waals surface area contributed by atoms with Gasteiger partial charge in [0, 0.05) is 12.4 Å². The first-order valence-corrected chi connectivity index (χ1v) is 8.06. The molecule has 0 saturated carbocycles. The first-order chi connectivity index (χ1) is 11.8. The van der Waals surface area contributed by atoms with Crippen molar-refractivity contribution < 1.29 is 4.79 Å². The van der Waals surface area contributed by atoms with E-state index in [4.69, 9.17) is 0 Å². The second-order valence-corrected chi connectivity index (χ2v) is 5.77. The van der Waals surface area contributed by atoms with Gasteiger partial charge in [-0.2, -0.15) is 0 Å². The summed E-state index contributed by atoms with van der Waals surface area (Å²) >= 11 is 0. The molecule has 0 spiro atoms. The van der Waals surface area contributed by atoms with Gasteiger partial charge in [-0.25, -0.2) is 0 Å². The molecule has 1 heterocycles. The summed E-state index contributed by atoms with van der Waals surface area (Å²) in [6.07, 6.45) is 3.51. The van der Waals surface area contributed by atoms with Crippen molar-refractivity contribution in [2.75, 3.05) is 0 Å². The highest BCUT2D eigenvalue weighted by Gasteiger charge is 2.24. The number of nitrogens with one attached hydrogen (secondary N) is 1. The summed E-state index contributed by atoms with van der Waals surface area (Å²) in [5.74, 6) is -0.338. The summed E-state index contributed by atoms with van der Waals surface area (Å²) < 4.78 is 0. The summed E-state index contributed by atoms with van der Waals surface area (Å²) in [6, 6.07) is 23.5. The zero-order chi connectivity index (χ0) is 16.8. The third-order valence-corrected chi connectivity index (χ3v) is 4.07. The third kappa shape index (κ3) is 3.69. The lowest BCUT2D eigenvalue weighted by molar-refractivity contribution is -0.122. The van der Waals surface area contributed by atoms with E-state index in [1.54, 1.807) is 12.4 Å². The fraction of sp³-hybridized carbons (Fsp3) is 0.143. The number of hydrogen-bond acceptors (Lipinski definition) is 2. The van der Waals surface area contributed by atoms with Gasteiger partial charge in [0.1, 0.15) is 0 Å². The fourth-order valence-electron chi connectivity index (χ4n) is 2.80. The maximum absolute atomic E-state index is 13.0. The molecular formula is C21H20N2O. The van der Waals surface area contributed by atoms with Crippen LogP contribution in [0.25, 0.3) is 0 Å². The predicted octanol–water partition coefficient (Wildman–Crippen LogP) is 4.09. The quantitative estimate of drug-likeness (QED) is 0.770. The molecule has 3 rings (SSSR count). The number of pyridine rings is 1. The van der Waals surface area contributed by atoms with Crippen molar-refractivity contribution in [1.82, 2.24) is 10.3 Å². The van der Waals surface area contributed by atoms with E-state index >= 15 is 0 Å². The molecular weight excluding hydrogens is 296 g/mol. The molecule has 0 fully saturated rings. The Labute approximate surface area is 142 Å². The Morgan fingerprint density at radius 3 is 1.88 bits per heavy atom. The minimum absolute atomic E-state index is 0.0104. The van der Waals surface area contributed by atoms with Crippen molar-refractivity contribution >= 4 is 5.91 Å². The van der Waals surface area contributed by atoms with Crippen LogP contribution in [-0.4, -0.2) is 10.9 Å². The van der Waals surface area contributed by atoms with Crippen molar-refractivity contribution in [2.45, 2.75) is 18.9 Å². The normalized spacial score (nSPS) is 11.9. The number of carbonyl (C=O) groups excluding carboxylic acids is 1. The summed E-state index contributed by atoms with van der Waals surface area (Å²) in [5.41, 5.74) is 2.96. The summed E-state index contributed by atoms with van der Waals surface area (Å²) in [7, 11) is 0. The van der Waals surface area contributed by atoms with Gasteiger partial charge in [0.25, 0.3) is 0 Å². The molecule has 1 N–H and O–H groups in total. The molecule has 3 heteroatoms. The Morgan fingerprint density at radius 2 is 1.38 bits per heavy atom. The van der Waals surface area contributed by atoms with Gasteiger partial charge in [0.05, 0.1) is 12.0 Å². The van der Waals surface area contributed by atoms with Crippen LogP contribution in [0.5, 0.6) is 0 Å². The lowest BCUT2D eigenvalue weighted by Crippen LogP contribution is -2.32. The highest BCUT2D eigenvalue weighted by Crippen LogP contribution is 2.25. The molecule has 1 aromatic heterocycles. The molecule has 0 aliphatic heterocycles. The lowest BCUT2D eigenvalue weighted by Gasteiger charge is -2.21. The van der Waals surface area contributed by atoms with E-state index in [0.29, 0.717) is 0 Å². The van der Waals surface area contributed by atoms with E-state index in [2.05, 4.69) is 10.3 Å². The molecule has 24 heavy (non-hydrogen) atoms. The number of carbonyl (C=O) groups is 1. The Bertz CT molecular complexity index is 733. The monoisotopic (exact) mass is 316 g/mol. The Balaban J connectivity index is 1.87. The smallest absolute Gasteiger partial charge is 0.232 e. The Hall–Kier alpha value is -2.94. The first kappa shape index (κ1) is 15.9. The maximum atomic E-state index is 13.0. The largest absolute Gasteiger partial charge is 0.349 e. The minimum atomic E-state index is -0.327. The average Bonchev–Trinajstić information content (AvgIpc) is 2.64. The van der Waals surface area contributed by atoms with Crippen LogP contribution >= 0.6 is 0 Å². The number of rotatable bonds is 5. The molecule has 120 valence electrons. The molecule has 3 aromatic rings. The van der Waals surface area contributed by atoms with Gasteiger partial charge in [-0.15, -0.1) is 0 Å². The minimum Gasteiger partial charge on any atom is -0.349 e. The molecule has 3 nitrogen and oxygen atoms in total. The van der Waals surface area contributed by atoms with Crippen molar-refractivity contribution in [3.63, 3.8) is 0 Å². The number of amides is 1. The van der Waals surface area contributed by atoms with Crippen molar-refractivity contribution in [3.8, 4) is 0 Å². The molecule has 0 aliphatic rings. The van der Waals surface area contributed by atoms with Gasteiger partial charge in [0.15, 0.2) is 0 Å². The van der Waals surface area contributed by atoms with Crippen molar-refractivity contribution in [1.29, 1.82) is 0 Å². The van der Waals surface area contributed by atoms with Gasteiger partial charge in [-0.3, -0.25) is 9.78 Å². The van der Waals surface area contributed by atoms with Crippen LogP contribution < -0.4 is 5.32 Å². The second-order valence-electron chi connectivity index (χ2n) is 5.77. The summed E-state index contributed by atoms with van der Waals surface area (Å²) in [4.78, 5) is 17.1. The third-order valence-electron chi connectivity index (χ3n) is 4.07. The second kappa shape index (κ2) is 7.55. The predicted molar refractivity (Wildman–Crippen MR) is 95.5 cm³/mol. The molecule has 0 unspecified atom stereocenters. The molecule has 1 amide bonds. The highest BCUT2D eigenvalue weighted by molar-refractivity contribution is 5.87. The van der Waals surface area contributed by atoms with Gasteiger partial charge >= 0.3 is 0 Å². The molecule has 0 radical (unpaired) electrons. The van der Waals surface area contributed by atoms with E-state index in [1.807, 2.05) is 79.7 Å². The summed E-state index contributed by atoms with van der Waals surface area (Å²) in [5, 5.41) is 3.11. The van der Waals surface area contributed by atoms with Crippen LogP contribution in [-0.2, 0) is 4.79 Å².